The molecule has 0 saturated heterocycles. The molecule has 1 N–H and O–H groups in total. The Morgan fingerprint density at radius 2 is 1.84 bits per heavy atom. The van der Waals surface area contributed by atoms with Crippen molar-refractivity contribution in [3.8, 4) is 0 Å². The third-order valence-electron chi connectivity index (χ3n) is 2.36. The lowest BCUT2D eigenvalue weighted by atomic mass is 10.2. The minimum Gasteiger partial charge on any atom is -0.319 e. The molecule has 0 bridgehead atoms. The number of anilines is 1. The standard InChI is InChI=1S/C13H7BrClF2NO/c14-8-2-4-12(11(17)6-8)18-13(19)7-1-3-9(15)10(16)5-7/h1-6H,(H,18,19). The molecular weight excluding hydrogens is 340 g/mol. The van der Waals surface area contributed by atoms with Crippen molar-refractivity contribution < 1.29 is 13.6 Å². The molecule has 2 aromatic carbocycles. The number of rotatable bonds is 2. The van der Waals surface area contributed by atoms with Gasteiger partial charge in [0, 0.05) is 10.0 Å². The van der Waals surface area contributed by atoms with Gasteiger partial charge in [-0.1, -0.05) is 27.5 Å². The van der Waals surface area contributed by atoms with Crippen LogP contribution in [0.3, 0.4) is 0 Å². The first-order valence-corrected chi connectivity index (χ1v) is 6.36. The first-order valence-electron chi connectivity index (χ1n) is 5.19. The minimum atomic E-state index is -0.703. The molecule has 0 spiro atoms. The summed E-state index contributed by atoms with van der Waals surface area (Å²) in [6.45, 7) is 0. The molecule has 6 heteroatoms. The highest BCUT2D eigenvalue weighted by atomic mass is 79.9. The summed E-state index contributed by atoms with van der Waals surface area (Å²) >= 11 is 8.62. The molecule has 1 amide bonds. The number of benzene rings is 2. The van der Waals surface area contributed by atoms with Crippen LogP contribution in [0, 0.1) is 11.6 Å². The van der Waals surface area contributed by atoms with Crippen molar-refractivity contribution in [2.75, 3.05) is 5.32 Å². The molecule has 0 radical (unpaired) electrons. The molecule has 2 aromatic rings. The molecule has 0 aromatic heterocycles. The van der Waals surface area contributed by atoms with Gasteiger partial charge >= 0.3 is 0 Å². The van der Waals surface area contributed by atoms with Gasteiger partial charge in [0.15, 0.2) is 0 Å². The monoisotopic (exact) mass is 345 g/mol. The summed E-state index contributed by atoms with van der Waals surface area (Å²) in [6.07, 6.45) is 0. The first-order chi connectivity index (χ1) is 8.97. The minimum absolute atomic E-state index is 0.0172. The van der Waals surface area contributed by atoms with E-state index in [1.165, 1.54) is 24.3 Å². The van der Waals surface area contributed by atoms with Crippen molar-refractivity contribution in [1.29, 1.82) is 0 Å². The SMILES string of the molecule is O=C(Nc1ccc(Br)cc1F)c1ccc(Cl)c(F)c1. The van der Waals surface area contributed by atoms with E-state index in [0.29, 0.717) is 4.47 Å². The summed E-state index contributed by atoms with van der Waals surface area (Å²) in [4.78, 5) is 11.8. The van der Waals surface area contributed by atoms with Gasteiger partial charge in [-0.2, -0.15) is 0 Å². The van der Waals surface area contributed by atoms with E-state index < -0.39 is 17.5 Å². The molecule has 2 rings (SSSR count). The molecule has 0 aliphatic carbocycles. The smallest absolute Gasteiger partial charge is 0.255 e. The third-order valence-corrected chi connectivity index (χ3v) is 3.16. The van der Waals surface area contributed by atoms with Gasteiger partial charge in [-0.15, -0.1) is 0 Å². The number of hydrogen-bond donors (Lipinski definition) is 1. The highest BCUT2D eigenvalue weighted by molar-refractivity contribution is 9.10. The van der Waals surface area contributed by atoms with E-state index in [-0.39, 0.29) is 16.3 Å². The Morgan fingerprint density at radius 3 is 2.47 bits per heavy atom. The van der Waals surface area contributed by atoms with E-state index in [1.807, 2.05) is 0 Å². The predicted octanol–water partition coefficient (Wildman–Crippen LogP) is 4.63. The quantitative estimate of drug-likeness (QED) is 0.844. The van der Waals surface area contributed by atoms with Crippen molar-refractivity contribution in [2.24, 2.45) is 0 Å². The molecule has 0 unspecified atom stereocenters. The van der Waals surface area contributed by atoms with Crippen molar-refractivity contribution >= 4 is 39.1 Å². The van der Waals surface area contributed by atoms with Gasteiger partial charge in [0.2, 0.25) is 0 Å². The van der Waals surface area contributed by atoms with Crippen molar-refractivity contribution in [3.05, 3.63) is 63.1 Å². The highest BCUT2D eigenvalue weighted by Gasteiger charge is 2.11. The Kier molecular flexibility index (Phi) is 4.17. The van der Waals surface area contributed by atoms with Gasteiger partial charge in [-0.05, 0) is 36.4 Å². The van der Waals surface area contributed by atoms with Gasteiger partial charge in [0.05, 0.1) is 10.7 Å². The van der Waals surface area contributed by atoms with Gasteiger partial charge in [-0.3, -0.25) is 4.79 Å². The van der Waals surface area contributed by atoms with E-state index in [2.05, 4.69) is 21.2 Å². The molecular formula is C13H7BrClF2NO. The molecule has 0 aliphatic rings. The second-order valence-electron chi connectivity index (χ2n) is 3.71. The third kappa shape index (κ3) is 3.30. The maximum atomic E-state index is 13.5. The van der Waals surface area contributed by atoms with E-state index in [4.69, 9.17) is 11.6 Å². The van der Waals surface area contributed by atoms with Crippen LogP contribution in [0.15, 0.2) is 40.9 Å². The first kappa shape index (κ1) is 14.0. The van der Waals surface area contributed by atoms with Crippen LogP contribution in [-0.2, 0) is 0 Å². The predicted molar refractivity (Wildman–Crippen MR) is 73.5 cm³/mol. The van der Waals surface area contributed by atoms with Crippen LogP contribution in [0.1, 0.15) is 10.4 Å². The Hall–Kier alpha value is -1.46. The lowest BCUT2D eigenvalue weighted by molar-refractivity contribution is 0.102. The lowest BCUT2D eigenvalue weighted by Crippen LogP contribution is -2.13. The van der Waals surface area contributed by atoms with Crippen molar-refractivity contribution in [2.45, 2.75) is 0 Å². The zero-order chi connectivity index (χ0) is 14.0. The Balaban J connectivity index is 2.23. The molecule has 0 atom stereocenters. The number of halogens is 4. The Bertz CT molecular complexity index is 649. The summed E-state index contributed by atoms with van der Waals surface area (Å²) in [5.74, 6) is -1.90. The summed E-state index contributed by atoms with van der Waals surface area (Å²) in [6, 6.07) is 7.83. The highest BCUT2D eigenvalue weighted by Crippen LogP contribution is 2.21. The lowest BCUT2D eigenvalue weighted by Gasteiger charge is -2.07. The number of hydrogen-bond acceptors (Lipinski definition) is 1. The number of amides is 1. The molecule has 0 heterocycles. The Morgan fingerprint density at radius 1 is 1.11 bits per heavy atom. The molecule has 19 heavy (non-hydrogen) atoms. The number of carbonyl (C=O) groups excluding carboxylic acids is 1. The maximum absolute atomic E-state index is 13.5. The largest absolute Gasteiger partial charge is 0.319 e. The van der Waals surface area contributed by atoms with Crippen molar-refractivity contribution in [1.82, 2.24) is 0 Å². The van der Waals surface area contributed by atoms with E-state index in [9.17, 15) is 13.6 Å². The van der Waals surface area contributed by atoms with Gasteiger partial charge in [-0.25, -0.2) is 8.78 Å². The average molecular weight is 347 g/mol. The van der Waals surface area contributed by atoms with Crippen molar-refractivity contribution in [3.63, 3.8) is 0 Å². The van der Waals surface area contributed by atoms with Crippen LogP contribution in [0.5, 0.6) is 0 Å². The fourth-order valence-corrected chi connectivity index (χ4v) is 1.87. The molecule has 0 saturated carbocycles. The fraction of sp³-hybridized carbons (Fsp3) is 0. The second kappa shape index (κ2) is 5.67. The normalized spacial score (nSPS) is 10.3. The Labute approximate surface area is 121 Å². The maximum Gasteiger partial charge on any atom is 0.255 e. The van der Waals surface area contributed by atoms with Crippen LogP contribution in [0.25, 0.3) is 0 Å². The molecule has 0 aliphatic heterocycles. The van der Waals surface area contributed by atoms with E-state index in [0.717, 1.165) is 6.07 Å². The summed E-state index contributed by atoms with van der Waals surface area (Å²) in [7, 11) is 0. The summed E-state index contributed by atoms with van der Waals surface area (Å²) in [5.41, 5.74) is 0.0766. The number of carbonyl (C=O) groups is 1. The van der Waals surface area contributed by atoms with Gasteiger partial charge in [0.1, 0.15) is 11.6 Å². The van der Waals surface area contributed by atoms with Crippen LogP contribution >= 0.6 is 27.5 Å². The molecule has 98 valence electrons. The van der Waals surface area contributed by atoms with Crippen LogP contribution < -0.4 is 5.32 Å². The molecule has 2 nitrogen and oxygen atoms in total. The van der Waals surface area contributed by atoms with Crippen LogP contribution in [0.4, 0.5) is 14.5 Å². The van der Waals surface area contributed by atoms with Crippen LogP contribution in [0.2, 0.25) is 5.02 Å². The van der Waals surface area contributed by atoms with Crippen LogP contribution in [-0.4, -0.2) is 5.91 Å². The zero-order valence-electron chi connectivity index (χ0n) is 9.38. The number of nitrogens with one attached hydrogen (secondary N) is 1. The van der Waals surface area contributed by atoms with Gasteiger partial charge < -0.3 is 5.32 Å². The summed E-state index contributed by atoms with van der Waals surface area (Å²) < 4.78 is 27.3. The fourth-order valence-electron chi connectivity index (χ4n) is 1.42. The van der Waals surface area contributed by atoms with E-state index >= 15 is 0 Å². The zero-order valence-corrected chi connectivity index (χ0v) is 11.7. The van der Waals surface area contributed by atoms with E-state index in [1.54, 1.807) is 6.07 Å². The average Bonchev–Trinajstić information content (AvgIpc) is 2.36. The molecule has 0 fully saturated rings. The second-order valence-corrected chi connectivity index (χ2v) is 5.03. The van der Waals surface area contributed by atoms with Gasteiger partial charge in [0.25, 0.3) is 5.91 Å². The summed E-state index contributed by atoms with van der Waals surface area (Å²) in [5, 5.41) is 2.28. The topological polar surface area (TPSA) is 29.1 Å².